The molecule has 0 aromatic heterocycles. The summed E-state index contributed by atoms with van der Waals surface area (Å²) in [7, 11) is 0. The first kappa shape index (κ1) is 7.01. The second-order valence-corrected chi connectivity index (χ2v) is 3.74. The first-order valence-electron chi connectivity index (χ1n) is 4.52. The molecule has 1 atom stereocenters. The van der Waals surface area contributed by atoms with Crippen molar-refractivity contribution in [2.45, 2.75) is 32.9 Å². The molecule has 2 aliphatic rings. The third-order valence-corrected chi connectivity index (χ3v) is 2.60. The Labute approximate surface area is 68.3 Å². The average Bonchev–Trinajstić information content (AvgIpc) is 2.41. The van der Waals surface area contributed by atoms with Gasteiger partial charge >= 0.3 is 0 Å². The van der Waals surface area contributed by atoms with Gasteiger partial charge in [-0.3, -0.25) is 0 Å². The lowest BCUT2D eigenvalue weighted by molar-refractivity contribution is 0.307. The molecule has 0 amide bonds. The van der Waals surface area contributed by atoms with Crippen molar-refractivity contribution in [2.75, 3.05) is 6.54 Å². The van der Waals surface area contributed by atoms with E-state index >= 15 is 0 Å². The number of nitrogens with one attached hydrogen (secondary N) is 1. The minimum atomic E-state index is 0.632. The van der Waals surface area contributed by atoms with E-state index in [1.54, 1.807) is 0 Å². The summed E-state index contributed by atoms with van der Waals surface area (Å²) < 4.78 is 0. The van der Waals surface area contributed by atoms with Crippen LogP contribution in [0.3, 0.4) is 0 Å². The third kappa shape index (κ3) is 1.01. The molecule has 1 unspecified atom stereocenters. The quantitative estimate of drug-likeness (QED) is 0.612. The van der Waals surface area contributed by atoms with Crippen LogP contribution in [0.1, 0.15) is 26.7 Å². The van der Waals surface area contributed by atoms with E-state index in [0.717, 1.165) is 0 Å². The molecule has 0 aromatic rings. The molecule has 0 saturated carbocycles. The Morgan fingerprint density at radius 1 is 1.64 bits per heavy atom. The van der Waals surface area contributed by atoms with Gasteiger partial charge in [-0.25, -0.2) is 0 Å². The van der Waals surface area contributed by atoms with Gasteiger partial charge in [0.25, 0.3) is 0 Å². The highest BCUT2D eigenvalue weighted by Crippen LogP contribution is 2.28. The summed E-state index contributed by atoms with van der Waals surface area (Å²) in [5, 5.41) is 3.41. The normalized spacial score (nSPS) is 28.8. The first-order valence-corrected chi connectivity index (χ1v) is 4.52. The SMILES string of the molecule is CC(C)C1=CNC2CCCN12. The van der Waals surface area contributed by atoms with Crippen LogP contribution in [-0.4, -0.2) is 17.6 Å². The van der Waals surface area contributed by atoms with Crippen molar-refractivity contribution in [2.24, 2.45) is 5.92 Å². The predicted molar refractivity (Wildman–Crippen MR) is 45.8 cm³/mol. The van der Waals surface area contributed by atoms with E-state index in [4.69, 9.17) is 0 Å². The zero-order chi connectivity index (χ0) is 7.84. The summed E-state index contributed by atoms with van der Waals surface area (Å²) in [4.78, 5) is 2.50. The molecule has 0 aliphatic carbocycles. The predicted octanol–water partition coefficient (Wildman–Crippen LogP) is 1.51. The molecule has 0 bridgehead atoms. The maximum atomic E-state index is 3.41. The highest BCUT2D eigenvalue weighted by Gasteiger charge is 2.30. The Kier molecular flexibility index (Phi) is 1.55. The van der Waals surface area contributed by atoms with Crippen molar-refractivity contribution in [1.82, 2.24) is 10.2 Å². The number of nitrogens with zero attached hydrogens (tertiary/aromatic N) is 1. The topological polar surface area (TPSA) is 15.3 Å². The van der Waals surface area contributed by atoms with Crippen LogP contribution in [0, 0.1) is 5.92 Å². The van der Waals surface area contributed by atoms with E-state index in [1.165, 1.54) is 25.1 Å². The van der Waals surface area contributed by atoms with Crippen LogP contribution in [0.2, 0.25) is 0 Å². The zero-order valence-electron chi connectivity index (χ0n) is 7.30. The standard InChI is InChI=1S/C9H16N2/c1-7(2)8-6-10-9-4-3-5-11(8)9/h6-7,9-10H,3-5H2,1-2H3. The van der Waals surface area contributed by atoms with Gasteiger partial charge in [-0.1, -0.05) is 13.8 Å². The number of fused-ring (bicyclic) bond motifs is 1. The maximum Gasteiger partial charge on any atom is 0.0984 e. The Morgan fingerprint density at radius 2 is 2.45 bits per heavy atom. The minimum Gasteiger partial charge on any atom is -0.370 e. The number of hydrogen-bond acceptors (Lipinski definition) is 2. The highest BCUT2D eigenvalue weighted by molar-refractivity contribution is 5.12. The molecule has 0 radical (unpaired) electrons. The maximum absolute atomic E-state index is 3.41. The lowest BCUT2D eigenvalue weighted by Gasteiger charge is -2.23. The Balaban J connectivity index is 2.12. The summed E-state index contributed by atoms with van der Waals surface area (Å²) in [5.74, 6) is 0.672. The van der Waals surface area contributed by atoms with E-state index in [-0.39, 0.29) is 0 Å². The smallest absolute Gasteiger partial charge is 0.0984 e. The van der Waals surface area contributed by atoms with E-state index < -0.39 is 0 Å². The lowest BCUT2D eigenvalue weighted by atomic mass is 10.1. The van der Waals surface area contributed by atoms with E-state index in [2.05, 4.69) is 30.3 Å². The van der Waals surface area contributed by atoms with Crippen LogP contribution < -0.4 is 5.32 Å². The summed E-state index contributed by atoms with van der Waals surface area (Å²) in [6.45, 7) is 5.77. The number of rotatable bonds is 1. The van der Waals surface area contributed by atoms with Crippen LogP contribution in [0.4, 0.5) is 0 Å². The average molecular weight is 152 g/mol. The van der Waals surface area contributed by atoms with Gasteiger partial charge in [-0.2, -0.15) is 0 Å². The Hall–Kier alpha value is -0.660. The lowest BCUT2D eigenvalue weighted by Crippen LogP contribution is -2.31. The monoisotopic (exact) mass is 152 g/mol. The molecule has 2 nitrogen and oxygen atoms in total. The van der Waals surface area contributed by atoms with Crippen molar-refractivity contribution in [1.29, 1.82) is 0 Å². The van der Waals surface area contributed by atoms with Crippen LogP contribution in [0.25, 0.3) is 0 Å². The van der Waals surface area contributed by atoms with Crippen molar-refractivity contribution >= 4 is 0 Å². The van der Waals surface area contributed by atoms with Crippen LogP contribution in [0.5, 0.6) is 0 Å². The molecule has 2 aliphatic heterocycles. The molecular formula is C9H16N2. The van der Waals surface area contributed by atoms with Gasteiger partial charge in [-0.15, -0.1) is 0 Å². The summed E-state index contributed by atoms with van der Waals surface area (Å²) >= 11 is 0. The largest absolute Gasteiger partial charge is 0.370 e. The Bertz CT molecular complexity index is 184. The molecule has 0 spiro atoms. The summed E-state index contributed by atoms with van der Waals surface area (Å²) in [5.41, 5.74) is 1.49. The van der Waals surface area contributed by atoms with Crippen LogP contribution in [0.15, 0.2) is 11.9 Å². The van der Waals surface area contributed by atoms with Crippen molar-refractivity contribution in [3.05, 3.63) is 11.9 Å². The molecule has 1 fully saturated rings. The Morgan fingerprint density at radius 3 is 3.18 bits per heavy atom. The van der Waals surface area contributed by atoms with Gasteiger partial charge in [0.2, 0.25) is 0 Å². The van der Waals surface area contributed by atoms with Gasteiger partial charge in [0.1, 0.15) is 0 Å². The number of hydrogen-bond donors (Lipinski definition) is 1. The number of allylic oxidation sites excluding steroid dienone is 1. The van der Waals surface area contributed by atoms with Crippen molar-refractivity contribution in [3.8, 4) is 0 Å². The molecule has 1 N–H and O–H groups in total. The molecule has 2 rings (SSSR count). The highest BCUT2D eigenvalue weighted by atomic mass is 15.3. The fourth-order valence-electron chi connectivity index (χ4n) is 2.01. The van der Waals surface area contributed by atoms with Crippen LogP contribution in [-0.2, 0) is 0 Å². The third-order valence-electron chi connectivity index (χ3n) is 2.60. The molecule has 2 heteroatoms. The van der Waals surface area contributed by atoms with Gasteiger partial charge < -0.3 is 10.2 Å². The zero-order valence-corrected chi connectivity index (χ0v) is 7.30. The van der Waals surface area contributed by atoms with E-state index in [9.17, 15) is 0 Å². The summed E-state index contributed by atoms with van der Waals surface area (Å²) in [6, 6.07) is 0. The molecule has 11 heavy (non-hydrogen) atoms. The summed E-state index contributed by atoms with van der Waals surface area (Å²) in [6.07, 6.45) is 5.48. The van der Waals surface area contributed by atoms with Crippen LogP contribution >= 0.6 is 0 Å². The van der Waals surface area contributed by atoms with E-state index in [1.807, 2.05) is 0 Å². The molecule has 1 saturated heterocycles. The molecule has 62 valence electrons. The first-order chi connectivity index (χ1) is 5.29. The van der Waals surface area contributed by atoms with Gasteiger partial charge in [0, 0.05) is 18.4 Å². The molecule has 2 heterocycles. The second kappa shape index (κ2) is 2.43. The fourth-order valence-corrected chi connectivity index (χ4v) is 2.01. The fraction of sp³-hybridized carbons (Fsp3) is 0.778. The van der Waals surface area contributed by atoms with E-state index in [0.29, 0.717) is 12.1 Å². The van der Waals surface area contributed by atoms with Gasteiger partial charge in [0.15, 0.2) is 0 Å². The van der Waals surface area contributed by atoms with Gasteiger partial charge in [-0.05, 0) is 18.8 Å². The molecular weight excluding hydrogens is 136 g/mol. The second-order valence-electron chi connectivity index (χ2n) is 3.74. The van der Waals surface area contributed by atoms with Crippen molar-refractivity contribution < 1.29 is 0 Å². The van der Waals surface area contributed by atoms with Gasteiger partial charge in [0.05, 0.1) is 6.17 Å². The minimum absolute atomic E-state index is 0.632. The van der Waals surface area contributed by atoms with Crippen molar-refractivity contribution in [3.63, 3.8) is 0 Å². The molecule has 0 aromatic carbocycles.